The summed E-state index contributed by atoms with van der Waals surface area (Å²) in [4.78, 5) is 11.8. The molecule has 2 N–H and O–H groups in total. The van der Waals surface area contributed by atoms with Gasteiger partial charge in [-0.05, 0) is 30.7 Å². The highest BCUT2D eigenvalue weighted by Gasteiger charge is 2.11. The number of nitrogens with one attached hydrogen (secondary N) is 1. The average Bonchev–Trinajstić information content (AvgIpc) is 2.45. The fourth-order valence-corrected chi connectivity index (χ4v) is 1.83. The van der Waals surface area contributed by atoms with Gasteiger partial charge in [-0.25, -0.2) is 4.39 Å². The number of carbonyl (C=O) groups excluding carboxylic acids is 1. The smallest absolute Gasteiger partial charge is 0.251 e. The van der Waals surface area contributed by atoms with Gasteiger partial charge in [-0.15, -0.1) is 0 Å². The number of amides is 1. The molecule has 0 spiro atoms. The lowest BCUT2D eigenvalue weighted by atomic mass is 10.1. The number of aliphatic hydroxyl groups is 1. The van der Waals surface area contributed by atoms with Gasteiger partial charge < -0.3 is 10.4 Å². The van der Waals surface area contributed by atoms with Crippen LogP contribution in [-0.4, -0.2) is 17.6 Å². The van der Waals surface area contributed by atoms with Crippen molar-refractivity contribution in [2.75, 3.05) is 6.54 Å². The van der Waals surface area contributed by atoms with Crippen LogP contribution in [0.15, 0.2) is 48.5 Å². The van der Waals surface area contributed by atoms with E-state index in [1.807, 2.05) is 31.2 Å². The first-order chi connectivity index (χ1) is 9.56. The minimum Gasteiger partial charge on any atom is -0.387 e. The van der Waals surface area contributed by atoms with Crippen molar-refractivity contribution in [1.82, 2.24) is 5.32 Å². The lowest BCUT2D eigenvalue weighted by Crippen LogP contribution is -2.28. The molecule has 0 saturated heterocycles. The number of aryl methyl sites for hydroxylation is 1. The van der Waals surface area contributed by atoms with Gasteiger partial charge in [-0.3, -0.25) is 4.79 Å². The van der Waals surface area contributed by atoms with Crippen LogP contribution in [0, 0.1) is 12.7 Å². The van der Waals surface area contributed by atoms with Gasteiger partial charge in [0.05, 0.1) is 6.10 Å². The maximum atomic E-state index is 13.0. The molecule has 0 saturated carbocycles. The Morgan fingerprint density at radius 1 is 1.25 bits per heavy atom. The number of rotatable bonds is 4. The zero-order valence-corrected chi connectivity index (χ0v) is 11.1. The molecule has 0 aliphatic heterocycles. The molecule has 0 aromatic heterocycles. The largest absolute Gasteiger partial charge is 0.387 e. The number of benzene rings is 2. The fraction of sp³-hybridized carbons (Fsp3) is 0.188. The minimum absolute atomic E-state index is 0.0818. The minimum atomic E-state index is -0.784. The van der Waals surface area contributed by atoms with Crippen molar-refractivity contribution < 1.29 is 14.3 Å². The molecule has 0 unspecified atom stereocenters. The molecule has 3 nitrogen and oxygen atoms in total. The zero-order valence-electron chi connectivity index (χ0n) is 11.1. The first kappa shape index (κ1) is 14.2. The monoisotopic (exact) mass is 273 g/mol. The van der Waals surface area contributed by atoms with Crippen LogP contribution in [0.4, 0.5) is 4.39 Å². The number of aliphatic hydroxyl groups excluding tert-OH is 1. The number of hydrogen-bond acceptors (Lipinski definition) is 2. The molecule has 1 amide bonds. The Kier molecular flexibility index (Phi) is 4.48. The Balaban J connectivity index is 1.94. The quantitative estimate of drug-likeness (QED) is 0.899. The second-order valence-corrected chi connectivity index (χ2v) is 4.65. The first-order valence-electron chi connectivity index (χ1n) is 6.34. The molecule has 2 aromatic carbocycles. The zero-order chi connectivity index (χ0) is 14.5. The molecule has 2 aromatic rings. The highest BCUT2D eigenvalue weighted by Crippen LogP contribution is 2.13. The van der Waals surface area contributed by atoms with Crippen LogP contribution >= 0.6 is 0 Å². The predicted octanol–water partition coefficient (Wildman–Crippen LogP) is 2.60. The van der Waals surface area contributed by atoms with Gasteiger partial charge in [0.2, 0.25) is 0 Å². The van der Waals surface area contributed by atoms with E-state index in [0.717, 1.165) is 17.2 Å². The van der Waals surface area contributed by atoms with Crippen molar-refractivity contribution in [2.24, 2.45) is 0 Å². The molecule has 4 heteroatoms. The first-order valence-corrected chi connectivity index (χ1v) is 6.34. The van der Waals surface area contributed by atoms with E-state index in [-0.39, 0.29) is 12.1 Å². The summed E-state index contributed by atoms with van der Waals surface area (Å²) in [7, 11) is 0. The summed E-state index contributed by atoms with van der Waals surface area (Å²) in [5.41, 5.74) is 2.07. The third-order valence-corrected chi connectivity index (χ3v) is 3.00. The van der Waals surface area contributed by atoms with Gasteiger partial charge in [0.15, 0.2) is 0 Å². The molecule has 1 atom stereocenters. The molecule has 0 heterocycles. The van der Waals surface area contributed by atoms with Gasteiger partial charge >= 0.3 is 0 Å². The molecular formula is C16H16FNO2. The van der Waals surface area contributed by atoms with Crippen LogP contribution in [-0.2, 0) is 0 Å². The third-order valence-electron chi connectivity index (χ3n) is 3.00. The average molecular weight is 273 g/mol. The lowest BCUT2D eigenvalue weighted by molar-refractivity contribution is 0.0916. The number of halogens is 1. The second kappa shape index (κ2) is 6.30. The van der Waals surface area contributed by atoms with E-state index in [1.54, 1.807) is 0 Å². The van der Waals surface area contributed by atoms with E-state index in [4.69, 9.17) is 0 Å². The number of hydrogen-bond donors (Lipinski definition) is 2. The second-order valence-electron chi connectivity index (χ2n) is 4.65. The van der Waals surface area contributed by atoms with Crippen LogP contribution in [0.2, 0.25) is 0 Å². The highest BCUT2D eigenvalue weighted by molar-refractivity contribution is 5.94. The molecule has 0 fully saturated rings. The number of carbonyl (C=O) groups is 1. The molecule has 2 rings (SSSR count). The summed E-state index contributed by atoms with van der Waals surface area (Å²) >= 11 is 0. The Morgan fingerprint density at radius 3 is 2.60 bits per heavy atom. The van der Waals surface area contributed by atoms with E-state index in [1.165, 1.54) is 18.2 Å². The molecule has 0 aliphatic rings. The van der Waals surface area contributed by atoms with Gasteiger partial charge in [0.25, 0.3) is 5.91 Å². The van der Waals surface area contributed by atoms with Crippen molar-refractivity contribution in [3.63, 3.8) is 0 Å². The SMILES string of the molecule is Cc1ccc([C@H](O)CNC(=O)c2cccc(F)c2)cc1. The Hall–Kier alpha value is -2.20. The van der Waals surface area contributed by atoms with Crippen molar-refractivity contribution >= 4 is 5.91 Å². The maximum Gasteiger partial charge on any atom is 0.251 e. The fourth-order valence-electron chi connectivity index (χ4n) is 1.83. The molecule has 0 radical (unpaired) electrons. The molecule has 20 heavy (non-hydrogen) atoms. The van der Waals surface area contributed by atoms with Crippen LogP contribution in [0.5, 0.6) is 0 Å². The van der Waals surface area contributed by atoms with Crippen LogP contribution < -0.4 is 5.32 Å². The van der Waals surface area contributed by atoms with Gasteiger partial charge in [-0.1, -0.05) is 35.9 Å². The van der Waals surface area contributed by atoms with Crippen LogP contribution in [0.25, 0.3) is 0 Å². The van der Waals surface area contributed by atoms with E-state index in [0.29, 0.717) is 0 Å². The molecule has 104 valence electrons. The predicted molar refractivity (Wildman–Crippen MR) is 74.9 cm³/mol. The van der Waals surface area contributed by atoms with Crippen LogP contribution in [0.1, 0.15) is 27.6 Å². The summed E-state index contributed by atoms with van der Waals surface area (Å²) in [6.07, 6.45) is -0.784. The van der Waals surface area contributed by atoms with Crippen LogP contribution in [0.3, 0.4) is 0 Å². The topological polar surface area (TPSA) is 49.3 Å². The normalized spacial score (nSPS) is 11.9. The maximum absolute atomic E-state index is 13.0. The van der Waals surface area contributed by atoms with E-state index < -0.39 is 17.8 Å². The lowest BCUT2D eigenvalue weighted by Gasteiger charge is -2.12. The Labute approximate surface area is 117 Å². The summed E-state index contributed by atoms with van der Waals surface area (Å²) in [6, 6.07) is 12.9. The summed E-state index contributed by atoms with van der Waals surface area (Å²) in [5, 5.41) is 12.6. The molecule has 0 aliphatic carbocycles. The van der Waals surface area contributed by atoms with Crippen molar-refractivity contribution in [2.45, 2.75) is 13.0 Å². The van der Waals surface area contributed by atoms with Crippen molar-refractivity contribution in [3.05, 3.63) is 71.0 Å². The molecule has 0 bridgehead atoms. The highest BCUT2D eigenvalue weighted by atomic mass is 19.1. The van der Waals surface area contributed by atoms with E-state index >= 15 is 0 Å². The summed E-state index contributed by atoms with van der Waals surface area (Å²) in [5.74, 6) is -0.868. The van der Waals surface area contributed by atoms with E-state index in [2.05, 4.69) is 5.32 Å². The van der Waals surface area contributed by atoms with Gasteiger partial charge in [0, 0.05) is 12.1 Å². The van der Waals surface area contributed by atoms with Gasteiger partial charge in [-0.2, -0.15) is 0 Å². The van der Waals surface area contributed by atoms with Crippen molar-refractivity contribution in [1.29, 1.82) is 0 Å². The Bertz CT molecular complexity index is 596. The standard InChI is InChI=1S/C16H16FNO2/c1-11-5-7-12(8-6-11)15(19)10-18-16(20)13-3-2-4-14(17)9-13/h2-9,15,19H,10H2,1H3,(H,18,20)/t15-/m1/s1. The Morgan fingerprint density at radius 2 is 1.95 bits per heavy atom. The van der Waals surface area contributed by atoms with Crippen molar-refractivity contribution in [3.8, 4) is 0 Å². The van der Waals surface area contributed by atoms with Gasteiger partial charge in [0.1, 0.15) is 5.82 Å². The summed E-state index contributed by atoms with van der Waals surface area (Å²) < 4.78 is 13.0. The summed E-state index contributed by atoms with van der Waals surface area (Å²) in [6.45, 7) is 2.04. The third kappa shape index (κ3) is 3.65. The molecular weight excluding hydrogens is 257 g/mol. The van der Waals surface area contributed by atoms with E-state index in [9.17, 15) is 14.3 Å².